The first kappa shape index (κ1) is 24.4. The SMILES string of the molecule is CC1(C)CN(C(=O)c2c(Cc3ccc(Cl)cc3)cc(C(F)(F)F)n2Cc2ccccc2)CCO1. The highest BCUT2D eigenvalue weighted by molar-refractivity contribution is 6.30. The number of carbonyl (C=O) groups is 1. The zero-order valence-corrected chi connectivity index (χ0v) is 19.8. The number of amides is 1. The number of ether oxygens (including phenoxy) is 1. The third-order valence-electron chi connectivity index (χ3n) is 5.87. The van der Waals surface area contributed by atoms with E-state index in [2.05, 4.69) is 0 Å². The summed E-state index contributed by atoms with van der Waals surface area (Å²) >= 11 is 5.98. The van der Waals surface area contributed by atoms with Crippen molar-refractivity contribution in [3.8, 4) is 0 Å². The van der Waals surface area contributed by atoms with E-state index in [4.69, 9.17) is 16.3 Å². The molecule has 4 rings (SSSR count). The summed E-state index contributed by atoms with van der Waals surface area (Å²) in [5.41, 5.74) is 0.428. The Morgan fingerprint density at radius 1 is 1.06 bits per heavy atom. The number of carbonyl (C=O) groups excluding carboxylic acids is 1. The van der Waals surface area contributed by atoms with Gasteiger partial charge in [0.1, 0.15) is 11.4 Å². The summed E-state index contributed by atoms with van der Waals surface area (Å²) in [6.45, 7) is 4.61. The van der Waals surface area contributed by atoms with E-state index < -0.39 is 23.4 Å². The van der Waals surface area contributed by atoms with E-state index >= 15 is 0 Å². The number of morpholine rings is 1. The molecule has 1 saturated heterocycles. The van der Waals surface area contributed by atoms with Gasteiger partial charge in [-0.2, -0.15) is 13.2 Å². The quantitative estimate of drug-likeness (QED) is 0.436. The van der Waals surface area contributed by atoms with Gasteiger partial charge in [0.2, 0.25) is 0 Å². The summed E-state index contributed by atoms with van der Waals surface area (Å²) in [6.07, 6.45) is -4.44. The highest BCUT2D eigenvalue weighted by Gasteiger charge is 2.40. The number of nitrogens with zero attached hydrogens (tertiary/aromatic N) is 2. The fraction of sp³-hybridized carbons (Fsp3) is 0.346. The Kier molecular flexibility index (Phi) is 6.78. The minimum absolute atomic E-state index is 0.0591. The van der Waals surface area contributed by atoms with E-state index in [1.807, 2.05) is 13.8 Å². The van der Waals surface area contributed by atoms with Crippen molar-refractivity contribution in [2.45, 2.75) is 38.6 Å². The molecule has 1 fully saturated rings. The molecule has 0 saturated carbocycles. The lowest BCUT2D eigenvalue weighted by atomic mass is 10.0. The normalized spacial score (nSPS) is 16.0. The second-order valence-corrected chi connectivity index (χ2v) is 9.55. The van der Waals surface area contributed by atoms with Gasteiger partial charge in [-0.15, -0.1) is 0 Å². The zero-order chi connectivity index (χ0) is 24.5. The molecule has 180 valence electrons. The summed E-state index contributed by atoms with van der Waals surface area (Å²) in [5.74, 6) is -0.424. The maximum Gasteiger partial charge on any atom is 0.431 e. The molecule has 0 N–H and O–H groups in total. The summed E-state index contributed by atoms with van der Waals surface area (Å²) in [7, 11) is 0. The number of hydrogen-bond donors (Lipinski definition) is 0. The molecular weight excluding hydrogens is 465 g/mol. The van der Waals surface area contributed by atoms with Crippen LogP contribution >= 0.6 is 11.6 Å². The van der Waals surface area contributed by atoms with Crippen LogP contribution in [0.3, 0.4) is 0 Å². The second-order valence-electron chi connectivity index (χ2n) is 9.11. The molecule has 4 nitrogen and oxygen atoms in total. The predicted octanol–water partition coefficient (Wildman–Crippen LogP) is 6.05. The fourth-order valence-corrected chi connectivity index (χ4v) is 4.45. The van der Waals surface area contributed by atoms with Crippen molar-refractivity contribution in [3.63, 3.8) is 0 Å². The Morgan fingerprint density at radius 3 is 2.35 bits per heavy atom. The van der Waals surface area contributed by atoms with E-state index in [1.54, 1.807) is 59.5 Å². The molecule has 0 bridgehead atoms. The van der Waals surface area contributed by atoms with Crippen molar-refractivity contribution in [1.82, 2.24) is 9.47 Å². The largest absolute Gasteiger partial charge is 0.431 e. The van der Waals surface area contributed by atoms with Crippen LogP contribution < -0.4 is 0 Å². The first-order valence-corrected chi connectivity index (χ1v) is 11.4. The minimum atomic E-state index is -4.62. The molecule has 1 amide bonds. The maximum atomic E-state index is 14.2. The Hall–Kier alpha value is -2.77. The Labute approximate surface area is 201 Å². The monoisotopic (exact) mass is 490 g/mol. The van der Waals surface area contributed by atoms with Gasteiger partial charge in [0.15, 0.2) is 0 Å². The zero-order valence-electron chi connectivity index (χ0n) is 19.0. The van der Waals surface area contributed by atoms with Crippen LogP contribution in [0, 0.1) is 0 Å². The molecular formula is C26H26ClF3N2O2. The van der Waals surface area contributed by atoms with Crippen LogP contribution in [-0.4, -0.2) is 40.7 Å². The van der Waals surface area contributed by atoms with E-state index in [9.17, 15) is 18.0 Å². The molecule has 0 radical (unpaired) electrons. The van der Waals surface area contributed by atoms with Gasteiger partial charge in [0.05, 0.1) is 12.2 Å². The maximum absolute atomic E-state index is 14.2. The topological polar surface area (TPSA) is 34.5 Å². The summed E-state index contributed by atoms with van der Waals surface area (Å²) in [4.78, 5) is 15.4. The Morgan fingerprint density at radius 2 is 1.74 bits per heavy atom. The van der Waals surface area contributed by atoms with Gasteiger partial charge in [-0.25, -0.2) is 0 Å². The molecule has 2 heterocycles. The molecule has 34 heavy (non-hydrogen) atoms. The van der Waals surface area contributed by atoms with Crippen molar-refractivity contribution in [2.75, 3.05) is 19.7 Å². The van der Waals surface area contributed by atoms with Gasteiger partial charge in [0, 0.05) is 24.7 Å². The molecule has 0 unspecified atom stereocenters. The lowest BCUT2D eigenvalue weighted by Crippen LogP contribution is -2.51. The fourth-order valence-electron chi connectivity index (χ4n) is 4.32. The van der Waals surface area contributed by atoms with Gasteiger partial charge >= 0.3 is 6.18 Å². The molecule has 8 heteroatoms. The van der Waals surface area contributed by atoms with Crippen LogP contribution in [0.2, 0.25) is 5.02 Å². The summed E-state index contributed by atoms with van der Waals surface area (Å²) in [5, 5.41) is 0.535. The lowest BCUT2D eigenvalue weighted by Gasteiger charge is -2.38. The molecule has 1 aliphatic rings. The summed E-state index contributed by atoms with van der Waals surface area (Å²) < 4.78 is 49.4. The lowest BCUT2D eigenvalue weighted by molar-refractivity contribution is -0.143. The van der Waals surface area contributed by atoms with Crippen molar-refractivity contribution < 1.29 is 22.7 Å². The van der Waals surface area contributed by atoms with Crippen LogP contribution in [0.4, 0.5) is 13.2 Å². The van der Waals surface area contributed by atoms with Crippen molar-refractivity contribution in [1.29, 1.82) is 0 Å². The van der Waals surface area contributed by atoms with Crippen LogP contribution in [0.25, 0.3) is 0 Å². The van der Waals surface area contributed by atoms with Crippen LogP contribution in [0.1, 0.15) is 46.7 Å². The van der Waals surface area contributed by atoms with E-state index in [0.29, 0.717) is 35.8 Å². The highest BCUT2D eigenvalue weighted by Crippen LogP contribution is 2.35. The van der Waals surface area contributed by atoms with E-state index in [0.717, 1.165) is 16.2 Å². The first-order valence-electron chi connectivity index (χ1n) is 11.0. The van der Waals surface area contributed by atoms with Crippen LogP contribution in [-0.2, 0) is 23.9 Å². The Bertz CT molecular complexity index is 1160. The molecule has 2 aromatic carbocycles. The second kappa shape index (κ2) is 9.47. The van der Waals surface area contributed by atoms with Crippen molar-refractivity contribution in [3.05, 3.63) is 93.8 Å². The number of rotatable bonds is 5. The molecule has 1 aromatic heterocycles. The molecule has 0 spiro atoms. The van der Waals surface area contributed by atoms with Crippen LogP contribution in [0.15, 0.2) is 60.7 Å². The molecule has 0 atom stereocenters. The third kappa shape index (κ3) is 5.47. The predicted molar refractivity (Wildman–Crippen MR) is 125 cm³/mol. The van der Waals surface area contributed by atoms with Gasteiger partial charge in [-0.05, 0) is 55.2 Å². The van der Waals surface area contributed by atoms with E-state index in [-0.39, 0.29) is 18.7 Å². The Balaban J connectivity index is 1.84. The minimum Gasteiger partial charge on any atom is -0.372 e. The molecule has 0 aliphatic carbocycles. The van der Waals surface area contributed by atoms with Crippen molar-refractivity contribution in [2.24, 2.45) is 0 Å². The average Bonchev–Trinajstić information content (AvgIpc) is 3.13. The number of hydrogen-bond acceptors (Lipinski definition) is 2. The van der Waals surface area contributed by atoms with Crippen LogP contribution in [0.5, 0.6) is 0 Å². The molecule has 1 aliphatic heterocycles. The van der Waals surface area contributed by atoms with Gasteiger partial charge in [-0.3, -0.25) is 4.79 Å². The summed E-state index contributed by atoms with van der Waals surface area (Å²) in [6, 6.07) is 16.9. The van der Waals surface area contributed by atoms with Gasteiger partial charge < -0.3 is 14.2 Å². The standard InChI is InChI=1S/C26H26ClF3N2O2/c1-25(2)17-31(12-13-34-25)24(33)23-20(14-18-8-10-21(27)11-9-18)15-22(26(28,29)30)32(23)16-19-6-4-3-5-7-19/h3-11,15H,12-14,16-17H2,1-2H3. The number of benzene rings is 2. The molecule has 3 aromatic rings. The smallest absolute Gasteiger partial charge is 0.372 e. The van der Waals surface area contributed by atoms with Gasteiger partial charge in [-0.1, -0.05) is 54.1 Å². The first-order chi connectivity index (χ1) is 16.0. The number of aromatic nitrogens is 1. The van der Waals surface area contributed by atoms with E-state index in [1.165, 1.54) is 0 Å². The average molecular weight is 491 g/mol. The number of alkyl halides is 3. The van der Waals surface area contributed by atoms with Crippen molar-refractivity contribution >= 4 is 17.5 Å². The van der Waals surface area contributed by atoms with Gasteiger partial charge in [0.25, 0.3) is 5.91 Å². The third-order valence-corrected chi connectivity index (χ3v) is 6.13. The number of halogens is 4. The highest BCUT2D eigenvalue weighted by atomic mass is 35.5.